The summed E-state index contributed by atoms with van der Waals surface area (Å²) in [5.41, 5.74) is 2.58. The molecule has 2 aromatic carbocycles. The molecular formula is C17H14ClNO2. The van der Waals surface area contributed by atoms with E-state index in [0.29, 0.717) is 17.1 Å². The van der Waals surface area contributed by atoms with Gasteiger partial charge in [-0.3, -0.25) is 4.79 Å². The van der Waals surface area contributed by atoms with E-state index in [1.54, 1.807) is 30.5 Å². The predicted octanol–water partition coefficient (Wildman–Crippen LogP) is 4.06. The molecule has 106 valence electrons. The maximum atomic E-state index is 12.0. The summed E-state index contributed by atoms with van der Waals surface area (Å²) in [6.07, 6.45) is 2.48. The monoisotopic (exact) mass is 299 g/mol. The molecule has 1 heterocycles. The number of carbonyl (C=O) groups is 1. The van der Waals surface area contributed by atoms with Crippen LogP contribution in [-0.2, 0) is 6.42 Å². The lowest BCUT2D eigenvalue weighted by molar-refractivity contribution is 0.0954. The zero-order valence-electron chi connectivity index (χ0n) is 11.3. The van der Waals surface area contributed by atoms with Crippen LogP contribution in [0.3, 0.4) is 0 Å². The topological polar surface area (TPSA) is 42.2 Å². The predicted molar refractivity (Wildman–Crippen MR) is 83.7 cm³/mol. The highest BCUT2D eigenvalue weighted by atomic mass is 35.5. The molecule has 0 bridgehead atoms. The zero-order chi connectivity index (χ0) is 14.7. The normalized spacial score (nSPS) is 10.7. The molecule has 3 aromatic rings. The summed E-state index contributed by atoms with van der Waals surface area (Å²) in [6, 6.07) is 14.7. The van der Waals surface area contributed by atoms with Crippen molar-refractivity contribution in [3.8, 4) is 0 Å². The SMILES string of the molecule is O=C(NCCc1coc2ccccc12)c1ccc(Cl)cc1. The van der Waals surface area contributed by atoms with E-state index in [1.165, 1.54) is 0 Å². The van der Waals surface area contributed by atoms with Gasteiger partial charge in [-0.15, -0.1) is 0 Å². The Balaban J connectivity index is 1.61. The van der Waals surface area contributed by atoms with Crippen LogP contribution in [0.1, 0.15) is 15.9 Å². The molecule has 0 saturated carbocycles. The third kappa shape index (κ3) is 3.09. The van der Waals surface area contributed by atoms with Gasteiger partial charge in [-0.1, -0.05) is 29.8 Å². The fraction of sp³-hybridized carbons (Fsp3) is 0.118. The largest absolute Gasteiger partial charge is 0.464 e. The number of furan rings is 1. The molecule has 0 atom stereocenters. The molecule has 0 fully saturated rings. The number of nitrogens with one attached hydrogen (secondary N) is 1. The van der Waals surface area contributed by atoms with Crippen molar-refractivity contribution in [1.82, 2.24) is 5.32 Å². The molecule has 0 aliphatic carbocycles. The number of para-hydroxylation sites is 1. The summed E-state index contributed by atoms with van der Waals surface area (Å²) in [5, 5.41) is 4.61. The van der Waals surface area contributed by atoms with Gasteiger partial charge in [-0.25, -0.2) is 0 Å². The third-order valence-electron chi connectivity index (χ3n) is 3.35. The highest BCUT2D eigenvalue weighted by Gasteiger charge is 2.07. The third-order valence-corrected chi connectivity index (χ3v) is 3.60. The Labute approximate surface area is 127 Å². The molecule has 4 heteroatoms. The summed E-state index contributed by atoms with van der Waals surface area (Å²) in [5.74, 6) is -0.0977. The Morgan fingerprint density at radius 1 is 1.10 bits per heavy atom. The molecule has 0 spiro atoms. The maximum Gasteiger partial charge on any atom is 0.251 e. The van der Waals surface area contributed by atoms with E-state index >= 15 is 0 Å². The van der Waals surface area contributed by atoms with Crippen LogP contribution in [0.4, 0.5) is 0 Å². The minimum absolute atomic E-state index is 0.0977. The Bertz CT molecular complexity index is 762. The molecule has 21 heavy (non-hydrogen) atoms. The van der Waals surface area contributed by atoms with Gasteiger partial charge in [0.15, 0.2) is 0 Å². The van der Waals surface area contributed by atoms with E-state index in [9.17, 15) is 4.79 Å². The maximum absolute atomic E-state index is 12.0. The first-order valence-electron chi connectivity index (χ1n) is 6.73. The Morgan fingerprint density at radius 2 is 1.86 bits per heavy atom. The van der Waals surface area contributed by atoms with Crippen molar-refractivity contribution in [2.75, 3.05) is 6.54 Å². The molecule has 0 unspecified atom stereocenters. The fourth-order valence-corrected chi connectivity index (χ4v) is 2.37. The molecule has 0 radical (unpaired) electrons. The summed E-state index contributed by atoms with van der Waals surface area (Å²) in [4.78, 5) is 12.0. The van der Waals surface area contributed by atoms with Crippen LogP contribution in [0.25, 0.3) is 11.0 Å². The van der Waals surface area contributed by atoms with Crippen molar-refractivity contribution in [1.29, 1.82) is 0 Å². The van der Waals surface area contributed by atoms with Gasteiger partial charge >= 0.3 is 0 Å². The molecule has 0 aliphatic heterocycles. The second kappa shape index (κ2) is 6.02. The molecule has 1 amide bonds. The van der Waals surface area contributed by atoms with E-state index in [1.807, 2.05) is 24.3 Å². The van der Waals surface area contributed by atoms with Gasteiger partial charge in [0.05, 0.1) is 6.26 Å². The lowest BCUT2D eigenvalue weighted by Crippen LogP contribution is -2.25. The molecule has 3 nitrogen and oxygen atoms in total. The Kier molecular flexibility index (Phi) is 3.93. The average Bonchev–Trinajstić information content (AvgIpc) is 2.91. The molecule has 1 N–H and O–H groups in total. The summed E-state index contributed by atoms with van der Waals surface area (Å²) in [6.45, 7) is 0.561. The van der Waals surface area contributed by atoms with Crippen molar-refractivity contribution in [3.63, 3.8) is 0 Å². The highest BCUT2D eigenvalue weighted by molar-refractivity contribution is 6.30. The number of carbonyl (C=O) groups excluding carboxylic acids is 1. The Morgan fingerprint density at radius 3 is 2.67 bits per heavy atom. The van der Waals surface area contributed by atoms with Crippen molar-refractivity contribution in [2.24, 2.45) is 0 Å². The lowest BCUT2D eigenvalue weighted by atomic mass is 10.1. The number of hydrogen-bond acceptors (Lipinski definition) is 2. The summed E-state index contributed by atoms with van der Waals surface area (Å²) >= 11 is 5.80. The van der Waals surface area contributed by atoms with Crippen LogP contribution in [0, 0.1) is 0 Å². The van der Waals surface area contributed by atoms with E-state index in [2.05, 4.69) is 5.32 Å². The van der Waals surface area contributed by atoms with Gasteiger partial charge in [0.25, 0.3) is 5.91 Å². The van der Waals surface area contributed by atoms with Gasteiger partial charge in [-0.05, 0) is 42.3 Å². The zero-order valence-corrected chi connectivity index (χ0v) is 12.1. The van der Waals surface area contributed by atoms with Crippen molar-refractivity contribution in [3.05, 3.63) is 70.9 Å². The molecule has 1 aromatic heterocycles. The highest BCUT2D eigenvalue weighted by Crippen LogP contribution is 2.20. The second-order valence-electron chi connectivity index (χ2n) is 4.77. The van der Waals surface area contributed by atoms with Crippen LogP contribution < -0.4 is 5.32 Å². The minimum atomic E-state index is -0.0977. The van der Waals surface area contributed by atoms with Crippen molar-refractivity contribution >= 4 is 28.5 Å². The van der Waals surface area contributed by atoms with Gasteiger partial charge in [-0.2, -0.15) is 0 Å². The van der Waals surface area contributed by atoms with E-state index in [0.717, 1.165) is 23.0 Å². The van der Waals surface area contributed by atoms with Gasteiger partial charge < -0.3 is 9.73 Å². The number of rotatable bonds is 4. The molecule has 0 saturated heterocycles. The first-order chi connectivity index (χ1) is 10.2. The fourth-order valence-electron chi connectivity index (χ4n) is 2.24. The number of benzene rings is 2. The standard InChI is InChI=1S/C17H14ClNO2/c18-14-7-5-12(6-8-14)17(20)19-10-9-13-11-21-16-4-2-1-3-15(13)16/h1-8,11H,9-10H2,(H,19,20). The van der Waals surface area contributed by atoms with Crippen molar-refractivity contribution in [2.45, 2.75) is 6.42 Å². The van der Waals surface area contributed by atoms with E-state index < -0.39 is 0 Å². The average molecular weight is 300 g/mol. The number of hydrogen-bond donors (Lipinski definition) is 1. The first kappa shape index (κ1) is 13.7. The van der Waals surface area contributed by atoms with Crippen LogP contribution in [-0.4, -0.2) is 12.5 Å². The molecule has 0 aliphatic rings. The molecule has 3 rings (SSSR count). The summed E-state index contributed by atoms with van der Waals surface area (Å²) < 4.78 is 5.48. The number of fused-ring (bicyclic) bond motifs is 1. The number of halogens is 1. The van der Waals surface area contributed by atoms with Crippen LogP contribution in [0.2, 0.25) is 5.02 Å². The smallest absolute Gasteiger partial charge is 0.251 e. The second-order valence-corrected chi connectivity index (χ2v) is 5.21. The van der Waals surface area contributed by atoms with Crippen LogP contribution in [0.15, 0.2) is 59.2 Å². The first-order valence-corrected chi connectivity index (χ1v) is 7.11. The lowest BCUT2D eigenvalue weighted by Gasteiger charge is -2.04. The molecular weight excluding hydrogens is 286 g/mol. The summed E-state index contributed by atoms with van der Waals surface area (Å²) in [7, 11) is 0. The quantitative estimate of drug-likeness (QED) is 0.789. The minimum Gasteiger partial charge on any atom is -0.464 e. The van der Waals surface area contributed by atoms with Gasteiger partial charge in [0.1, 0.15) is 5.58 Å². The van der Waals surface area contributed by atoms with Crippen LogP contribution in [0.5, 0.6) is 0 Å². The Hall–Kier alpha value is -2.26. The van der Waals surface area contributed by atoms with E-state index in [-0.39, 0.29) is 5.91 Å². The van der Waals surface area contributed by atoms with Crippen molar-refractivity contribution < 1.29 is 9.21 Å². The number of amides is 1. The van der Waals surface area contributed by atoms with Gasteiger partial charge in [0.2, 0.25) is 0 Å². The van der Waals surface area contributed by atoms with E-state index in [4.69, 9.17) is 16.0 Å². The van der Waals surface area contributed by atoms with Gasteiger partial charge in [0, 0.05) is 22.5 Å². The van der Waals surface area contributed by atoms with Crippen LogP contribution >= 0.6 is 11.6 Å².